The van der Waals surface area contributed by atoms with Crippen molar-refractivity contribution in [3.8, 4) is 11.5 Å². The highest BCUT2D eigenvalue weighted by atomic mass is 16.5. The fourth-order valence-electron chi connectivity index (χ4n) is 3.14. The maximum Gasteiger partial charge on any atom is 0.257 e. The summed E-state index contributed by atoms with van der Waals surface area (Å²) in [5.74, 6) is 0.398. The second-order valence-electron chi connectivity index (χ2n) is 6.19. The van der Waals surface area contributed by atoms with Crippen LogP contribution in [0.4, 0.5) is 0 Å². The molecule has 1 aliphatic rings. The SMILES string of the molecule is COc1ccccc1C(=O)N1CCCN(C(=O)c2cccc(O)c2)CC1. The lowest BCUT2D eigenvalue weighted by Gasteiger charge is -2.23. The molecule has 2 aromatic carbocycles. The van der Waals surface area contributed by atoms with Gasteiger partial charge in [0.1, 0.15) is 11.5 Å². The van der Waals surface area contributed by atoms with Crippen LogP contribution in [0, 0.1) is 0 Å². The van der Waals surface area contributed by atoms with Gasteiger partial charge in [-0.05, 0) is 36.8 Å². The van der Waals surface area contributed by atoms with Gasteiger partial charge in [0.05, 0.1) is 12.7 Å². The second kappa shape index (κ2) is 7.91. The van der Waals surface area contributed by atoms with Crippen molar-refractivity contribution < 1.29 is 19.4 Å². The molecule has 1 saturated heterocycles. The van der Waals surface area contributed by atoms with Gasteiger partial charge in [-0.3, -0.25) is 9.59 Å². The van der Waals surface area contributed by atoms with E-state index in [0.717, 1.165) is 0 Å². The summed E-state index contributed by atoms with van der Waals surface area (Å²) >= 11 is 0. The molecule has 0 radical (unpaired) electrons. The number of methoxy groups -OCH3 is 1. The van der Waals surface area contributed by atoms with Crippen LogP contribution in [0.15, 0.2) is 48.5 Å². The minimum Gasteiger partial charge on any atom is -0.508 e. The predicted molar refractivity (Wildman–Crippen MR) is 97.5 cm³/mol. The van der Waals surface area contributed by atoms with E-state index >= 15 is 0 Å². The Bertz CT molecular complexity index is 806. The average Bonchev–Trinajstić information content (AvgIpc) is 2.93. The molecule has 136 valence electrons. The van der Waals surface area contributed by atoms with Gasteiger partial charge in [0.25, 0.3) is 11.8 Å². The number of nitrogens with zero attached hydrogens (tertiary/aromatic N) is 2. The molecule has 6 nitrogen and oxygen atoms in total. The molecule has 1 heterocycles. The van der Waals surface area contributed by atoms with Crippen molar-refractivity contribution in [1.82, 2.24) is 9.80 Å². The van der Waals surface area contributed by atoms with E-state index in [1.807, 2.05) is 12.1 Å². The third-order valence-corrected chi connectivity index (χ3v) is 4.50. The Kier molecular flexibility index (Phi) is 5.41. The van der Waals surface area contributed by atoms with E-state index < -0.39 is 0 Å². The zero-order valence-electron chi connectivity index (χ0n) is 14.7. The van der Waals surface area contributed by atoms with Gasteiger partial charge in [0.15, 0.2) is 0 Å². The van der Waals surface area contributed by atoms with Crippen molar-refractivity contribution in [2.24, 2.45) is 0 Å². The lowest BCUT2D eigenvalue weighted by molar-refractivity contribution is 0.0716. The summed E-state index contributed by atoms with van der Waals surface area (Å²) in [6, 6.07) is 13.5. The molecule has 0 spiro atoms. The minimum atomic E-state index is -0.132. The van der Waals surface area contributed by atoms with E-state index in [1.165, 1.54) is 12.1 Å². The Morgan fingerprint density at radius 2 is 1.62 bits per heavy atom. The number of hydrogen-bond acceptors (Lipinski definition) is 4. The Hall–Kier alpha value is -3.02. The van der Waals surface area contributed by atoms with Crippen molar-refractivity contribution in [2.45, 2.75) is 6.42 Å². The molecule has 0 atom stereocenters. The van der Waals surface area contributed by atoms with Crippen LogP contribution >= 0.6 is 0 Å². The first-order valence-corrected chi connectivity index (χ1v) is 8.61. The highest BCUT2D eigenvalue weighted by Gasteiger charge is 2.25. The molecule has 3 rings (SSSR count). The zero-order valence-corrected chi connectivity index (χ0v) is 14.7. The molecular formula is C20H22N2O4. The fourth-order valence-corrected chi connectivity index (χ4v) is 3.14. The molecule has 0 bridgehead atoms. The number of carbonyl (C=O) groups is 2. The first kappa shape index (κ1) is 17.8. The maximum atomic E-state index is 12.8. The van der Waals surface area contributed by atoms with E-state index in [1.54, 1.807) is 41.2 Å². The summed E-state index contributed by atoms with van der Waals surface area (Å²) in [7, 11) is 1.55. The summed E-state index contributed by atoms with van der Waals surface area (Å²) in [5.41, 5.74) is 0.984. The number of aromatic hydroxyl groups is 1. The van der Waals surface area contributed by atoms with Gasteiger partial charge in [0.2, 0.25) is 0 Å². The number of phenols is 1. The molecule has 1 N–H and O–H groups in total. The molecule has 2 aromatic rings. The number of phenolic OH excluding ortho intramolecular Hbond substituents is 1. The minimum absolute atomic E-state index is 0.0682. The number of para-hydroxylation sites is 1. The van der Waals surface area contributed by atoms with Gasteiger partial charge >= 0.3 is 0 Å². The maximum absolute atomic E-state index is 12.8. The molecule has 0 aliphatic carbocycles. The fraction of sp³-hybridized carbons (Fsp3) is 0.300. The second-order valence-corrected chi connectivity index (χ2v) is 6.19. The van der Waals surface area contributed by atoms with Gasteiger partial charge in [-0.25, -0.2) is 0 Å². The summed E-state index contributed by atoms with van der Waals surface area (Å²) in [4.78, 5) is 29.0. The molecule has 2 amide bonds. The number of carbonyl (C=O) groups excluding carboxylic acids is 2. The average molecular weight is 354 g/mol. The first-order valence-electron chi connectivity index (χ1n) is 8.61. The van der Waals surface area contributed by atoms with Crippen molar-refractivity contribution in [2.75, 3.05) is 33.3 Å². The van der Waals surface area contributed by atoms with Crippen LogP contribution in [0.3, 0.4) is 0 Å². The molecule has 0 saturated carbocycles. The smallest absolute Gasteiger partial charge is 0.257 e. The van der Waals surface area contributed by atoms with Crippen LogP contribution in [0.25, 0.3) is 0 Å². The van der Waals surface area contributed by atoms with E-state index in [-0.39, 0.29) is 17.6 Å². The largest absolute Gasteiger partial charge is 0.508 e. The molecule has 1 aliphatic heterocycles. The van der Waals surface area contributed by atoms with Crippen molar-refractivity contribution in [3.05, 3.63) is 59.7 Å². The number of ether oxygens (including phenoxy) is 1. The van der Waals surface area contributed by atoms with Crippen LogP contribution in [-0.4, -0.2) is 60.0 Å². The zero-order chi connectivity index (χ0) is 18.5. The standard InChI is InChI=1S/C20H22N2O4/c1-26-18-9-3-2-8-17(18)20(25)22-11-5-10-21(12-13-22)19(24)15-6-4-7-16(23)14-15/h2-4,6-9,14,23H,5,10-13H2,1H3. The molecule has 26 heavy (non-hydrogen) atoms. The third-order valence-electron chi connectivity index (χ3n) is 4.50. The van der Waals surface area contributed by atoms with Crippen LogP contribution in [-0.2, 0) is 0 Å². The van der Waals surface area contributed by atoms with Gasteiger partial charge < -0.3 is 19.6 Å². The first-order chi connectivity index (χ1) is 12.6. The Morgan fingerprint density at radius 1 is 0.923 bits per heavy atom. The lowest BCUT2D eigenvalue weighted by Crippen LogP contribution is -2.37. The summed E-state index contributed by atoms with van der Waals surface area (Å²) < 4.78 is 5.28. The highest BCUT2D eigenvalue weighted by Crippen LogP contribution is 2.21. The van der Waals surface area contributed by atoms with Crippen LogP contribution < -0.4 is 4.74 Å². The van der Waals surface area contributed by atoms with Crippen LogP contribution in [0.2, 0.25) is 0 Å². The number of rotatable bonds is 3. The normalized spacial score (nSPS) is 14.7. The van der Waals surface area contributed by atoms with Crippen molar-refractivity contribution in [1.29, 1.82) is 0 Å². The van der Waals surface area contributed by atoms with E-state index in [4.69, 9.17) is 4.74 Å². The molecule has 6 heteroatoms. The van der Waals surface area contributed by atoms with E-state index in [0.29, 0.717) is 49.5 Å². The topological polar surface area (TPSA) is 70.1 Å². The Balaban J connectivity index is 1.70. The Morgan fingerprint density at radius 3 is 2.31 bits per heavy atom. The number of amides is 2. The summed E-state index contributed by atoms with van der Waals surface area (Å²) in [6.07, 6.45) is 0.700. The monoisotopic (exact) mass is 354 g/mol. The molecule has 1 fully saturated rings. The van der Waals surface area contributed by atoms with E-state index in [2.05, 4.69) is 0 Å². The number of hydrogen-bond donors (Lipinski definition) is 1. The highest BCUT2D eigenvalue weighted by molar-refractivity contribution is 5.97. The summed E-state index contributed by atoms with van der Waals surface area (Å²) in [5, 5.41) is 9.57. The van der Waals surface area contributed by atoms with Crippen LogP contribution in [0.1, 0.15) is 27.1 Å². The quantitative estimate of drug-likeness (QED) is 0.919. The lowest BCUT2D eigenvalue weighted by atomic mass is 10.1. The third kappa shape index (κ3) is 3.79. The van der Waals surface area contributed by atoms with Gasteiger partial charge in [-0.1, -0.05) is 18.2 Å². The van der Waals surface area contributed by atoms with Gasteiger partial charge in [0, 0.05) is 31.7 Å². The Labute approximate surface area is 152 Å². The number of benzene rings is 2. The van der Waals surface area contributed by atoms with Crippen molar-refractivity contribution >= 4 is 11.8 Å². The molecular weight excluding hydrogens is 332 g/mol. The van der Waals surface area contributed by atoms with Gasteiger partial charge in [-0.2, -0.15) is 0 Å². The summed E-state index contributed by atoms with van der Waals surface area (Å²) in [6.45, 7) is 2.07. The predicted octanol–water partition coefficient (Wildman–Crippen LogP) is 2.39. The van der Waals surface area contributed by atoms with E-state index in [9.17, 15) is 14.7 Å². The van der Waals surface area contributed by atoms with Crippen LogP contribution in [0.5, 0.6) is 11.5 Å². The van der Waals surface area contributed by atoms with Gasteiger partial charge in [-0.15, -0.1) is 0 Å². The molecule has 0 unspecified atom stereocenters. The molecule has 0 aromatic heterocycles. The van der Waals surface area contributed by atoms with Crippen molar-refractivity contribution in [3.63, 3.8) is 0 Å².